The average Bonchev–Trinajstić information content (AvgIpc) is 2.47. The first-order chi connectivity index (χ1) is 10.0. The summed E-state index contributed by atoms with van der Waals surface area (Å²) in [4.78, 5) is 22.9. The van der Waals surface area contributed by atoms with E-state index < -0.39 is 4.92 Å². The molecule has 0 saturated carbocycles. The summed E-state index contributed by atoms with van der Waals surface area (Å²) in [6, 6.07) is 13.7. The van der Waals surface area contributed by atoms with Gasteiger partial charge in [0.2, 0.25) is 5.91 Å². The van der Waals surface area contributed by atoms with Crippen LogP contribution in [0.25, 0.3) is 0 Å². The largest absolute Gasteiger partial charge is 0.325 e. The number of nitro groups is 1. The molecule has 6 heteroatoms. The second-order valence-corrected chi connectivity index (χ2v) is 5.50. The summed E-state index contributed by atoms with van der Waals surface area (Å²) < 4.78 is 0. The first kappa shape index (κ1) is 15.1. The summed E-state index contributed by atoms with van der Waals surface area (Å²) in [6.45, 7) is 2.01. The number of non-ortho nitro benzene ring substituents is 1. The van der Waals surface area contributed by atoms with E-state index in [1.165, 1.54) is 41.6 Å². The summed E-state index contributed by atoms with van der Waals surface area (Å²) in [5.74, 6) is 0.148. The first-order valence-electron chi connectivity index (χ1n) is 6.28. The van der Waals surface area contributed by atoms with E-state index in [1.807, 2.05) is 31.2 Å². The number of nitrogens with zero attached hydrogens (tertiary/aromatic N) is 1. The Kier molecular flexibility index (Phi) is 4.94. The fourth-order valence-electron chi connectivity index (χ4n) is 1.65. The van der Waals surface area contributed by atoms with Crippen LogP contribution in [-0.4, -0.2) is 16.6 Å². The molecule has 1 amide bonds. The molecule has 2 aromatic carbocycles. The molecule has 2 aromatic rings. The van der Waals surface area contributed by atoms with Crippen LogP contribution < -0.4 is 5.32 Å². The van der Waals surface area contributed by atoms with E-state index in [4.69, 9.17) is 0 Å². The number of amides is 1. The third-order valence-electron chi connectivity index (χ3n) is 2.75. The molecule has 0 saturated heterocycles. The molecule has 1 N–H and O–H groups in total. The third kappa shape index (κ3) is 4.61. The van der Waals surface area contributed by atoms with E-state index in [0.717, 1.165) is 4.90 Å². The van der Waals surface area contributed by atoms with Crippen LogP contribution in [0.3, 0.4) is 0 Å². The summed E-state index contributed by atoms with van der Waals surface area (Å²) in [5.41, 5.74) is 1.73. The second-order valence-electron chi connectivity index (χ2n) is 4.45. The summed E-state index contributed by atoms with van der Waals surface area (Å²) in [7, 11) is 0. The molecule has 0 radical (unpaired) electrons. The molecule has 2 rings (SSSR count). The molecule has 0 aromatic heterocycles. The molecule has 0 aliphatic carbocycles. The number of nitrogens with one attached hydrogen (secondary N) is 1. The van der Waals surface area contributed by atoms with Gasteiger partial charge in [-0.2, -0.15) is 0 Å². The highest BCUT2D eigenvalue weighted by Gasteiger charge is 2.07. The van der Waals surface area contributed by atoms with Crippen molar-refractivity contribution in [2.45, 2.75) is 11.8 Å². The van der Waals surface area contributed by atoms with Crippen molar-refractivity contribution in [3.63, 3.8) is 0 Å². The van der Waals surface area contributed by atoms with Crippen molar-refractivity contribution in [3.05, 3.63) is 64.2 Å². The molecule has 0 heterocycles. The molecule has 0 atom stereocenters. The number of aryl methyl sites for hydroxylation is 1. The molecular weight excluding hydrogens is 288 g/mol. The van der Waals surface area contributed by atoms with Crippen LogP contribution in [0.4, 0.5) is 11.4 Å². The van der Waals surface area contributed by atoms with Crippen molar-refractivity contribution in [2.75, 3.05) is 11.1 Å². The van der Waals surface area contributed by atoms with Crippen molar-refractivity contribution >= 4 is 29.0 Å². The van der Waals surface area contributed by atoms with Gasteiger partial charge < -0.3 is 5.32 Å². The lowest BCUT2D eigenvalue weighted by atomic mass is 10.2. The minimum absolute atomic E-state index is 0.00188. The molecule has 0 aliphatic rings. The second kappa shape index (κ2) is 6.90. The smallest absolute Gasteiger partial charge is 0.269 e. The maximum absolute atomic E-state index is 11.8. The van der Waals surface area contributed by atoms with Gasteiger partial charge in [0.25, 0.3) is 5.69 Å². The van der Waals surface area contributed by atoms with Crippen LogP contribution in [-0.2, 0) is 4.79 Å². The zero-order valence-corrected chi connectivity index (χ0v) is 12.2. The van der Waals surface area contributed by atoms with Crippen molar-refractivity contribution in [1.29, 1.82) is 0 Å². The minimum Gasteiger partial charge on any atom is -0.325 e. The van der Waals surface area contributed by atoms with E-state index in [9.17, 15) is 14.9 Å². The Morgan fingerprint density at radius 1 is 1.14 bits per heavy atom. The number of carbonyl (C=O) groups excluding carboxylic acids is 1. The normalized spacial score (nSPS) is 10.1. The highest BCUT2D eigenvalue weighted by molar-refractivity contribution is 8.00. The summed E-state index contributed by atoms with van der Waals surface area (Å²) >= 11 is 1.44. The van der Waals surface area contributed by atoms with Gasteiger partial charge in [-0.15, -0.1) is 11.8 Å². The quantitative estimate of drug-likeness (QED) is 0.520. The summed E-state index contributed by atoms with van der Waals surface area (Å²) in [5, 5.41) is 13.2. The van der Waals surface area contributed by atoms with Gasteiger partial charge in [0.15, 0.2) is 0 Å². The maximum atomic E-state index is 11.8. The maximum Gasteiger partial charge on any atom is 0.269 e. The van der Waals surface area contributed by atoms with E-state index in [0.29, 0.717) is 11.4 Å². The lowest BCUT2D eigenvalue weighted by molar-refractivity contribution is -0.384. The zero-order valence-electron chi connectivity index (χ0n) is 11.4. The van der Waals surface area contributed by atoms with Gasteiger partial charge in [0.05, 0.1) is 10.7 Å². The van der Waals surface area contributed by atoms with Gasteiger partial charge in [0.1, 0.15) is 0 Å². The van der Waals surface area contributed by atoms with E-state index in [2.05, 4.69) is 5.32 Å². The number of rotatable bonds is 5. The Bertz CT molecular complexity index is 639. The third-order valence-corrected chi connectivity index (χ3v) is 3.76. The number of anilines is 1. The predicted octanol–water partition coefficient (Wildman–Crippen LogP) is 3.63. The monoisotopic (exact) mass is 302 g/mol. The number of hydrogen-bond acceptors (Lipinski definition) is 4. The topological polar surface area (TPSA) is 72.2 Å². The molecule has 0 fully saturated rings. The van der Waals surface area contributed by atoms with Crippen LogP contribution in [0, 0.1) is 17.0 Å². The van der Waals surface area contributed by atoms with Crippen molar-refractivity contribution < 1.29 is 9.72 Å². The molecular formula is C15H14N2O3S. The Morgan fingerprint density at radius 3 is 2.33 bits per heavy atom. The molecule has 5 nitrogen and oxygen atoms in total. The lowest BCUT2D eigenvalue weighted by Gasteiger charge is -2.05. The minimum atomic E-state index is -0.473. The first-order valence-corrected chi connectivity index (χ1v) is 7.27. The molecule has 0 unspecified atom stereocenters. The van der Waals surface area contributed by atoms with Crippen molar-refractivity contribution in [3.8, 4) is 0 Å². The van der Waals surface area contributed by atoms with Gasteiger partial charge in [-0.05, 0) is 31.2 Å². The fourth-order valence-corrected chi connectivity index (χ4v) is 2.35. The average molecular weight is 302 g/mol. The van der Waals surface area contributed by atoms with Crippen LogP contribution in [0.2, 0.25) is 0 Å². The zero-order chi connectivity index (χ0) is 15.2. The van der Waals surface area contributed by atoms with Gasteiger partial charge in [-0.3, -0.25) is 14.9 Å². The SMILES string of the molecule is Cc1ccc(SCC(=O)Nc2ccc([N+](=O)[O-])cc2)cc1. The Morgan fingerprint density at radius 2 is 1.76 bits per heavy atom. The number of thioether (sulfide) groups is 1. The number of carbonyl (C=O) groups is 1. The number of hydrogen-bond donors (Lipinski definition) is 1. The van der Waals surface area contributed by atoms with Gasteiger partial charge in [0, 0.05) is 22.7 Å². The highest BCUT2D eigenvalue weighted by atomic mass is 32.2. The van der Waals surface area contributed by atoms with Crippen molar-refractivity contribution in [1.82, 2.24) is 0 Å². The van der Waals surface area contributed by atoms with Crippen LogP contribution >= 0.6 is 11.8 Å². The number of nitro benzene ring substituents is 1. The molecule has 108 valence electrons. The van der Waals surface area contributed by atoms with E-state index in [-0.39, 0.29) is 11.6 Å². The Balaban J connectivity index is 1.86. The van der Waals surface area contributed by atoms with Gasteiger partial charge in [-0.1, -0.05) is 17.7 Å². The van der Waals surface area contributed by atoms with E-state index >= 15 is 0 Å². The fraction of sp³-hybridized carbons (Fsp3) is 0.133. The molecule has 0 spiro atoms. The van der Waals surface area contributed by atoms with E-state index in [1.54, 1.807) is 0 Å². The molecule has 0 bridgehead atoms. The Hall–Kier alpha value is -2.34. The molecule has 21 heavy (non-hydrogen) atoms. The standard InChI is InChI=1S/C15H14N2O3S/c1-11-2-8-14(9-3-11)21-10-15(18)16-12-4-6-13(7-5-12)17(19)20/h2-9H,10H2,1H3,(H,16,18). The van der Waals surface area contributed by atoms with Gasteiger partial charge in [-0.25, -0.2) is 0 Å². The Labute approximate surface area is 126 Å². The van der Waals surface area contributed by atoms with Gasteiger partial charge >= 0.3 is 0 Å². The van der Waals surface area contributed by atoms with Crippen LogP contribution in [0.1, 0.15) is 5.56 Å². The highest BCUT2D eigenvalue weighted by Crippen LogP contribution is 2.19. The number of benzene rings is 2. The predicted molar refractivity (Wildman–Crippen MR) is 83.6 cm³/mol. The molecule has 0 aliphatic heterocycles. The van der Waals surface area contributed by atoms with Crippen LogP contribution in [0.5, 0.6) is 0 Å². The van der Waals surface area contributed by atoms with Crippen molar-refractivity contribution in [2.24, 2.45) is 0 Å². The lowest BCUT2D eigenvalue weighted by Crippen LogP contribution is -2.13. The summed E-state index contributed by atoms with van der Waals surface area (Å²) in [6.07, 6.45) is 0. The van der Waals surface area contributed by atoms with Crippen LogP contribution in [0.15, 0.2) is 53.4 Å².